The van der Waals surface area contributed by atoms with E-state index >= 15 is 0 Å². The van der Waals surface area contributed by atoms with Gasteiger partial charge in [0, 0.05) is 26.3 Å². The van der Waals surface area contributed by atoms with Crippen LogP contribution in [0.1, 0.15) is 35.3 Å². The lowest BCUT2D eigenvalue weighted by molar-refractivity contribution is -0.142. The average Bonchev–Trinajstić information content (AvgIpc) is 2.72. The highest BCUT2D eigenvalue weighted by molar-refractivity contribution is 5.84. The third kappa shape index (κ3) is 4.61. The maximum atomic E-state index is 13.5. The Morgan fingerprint density at radius 3 is 2.28 bits per heavy atom. The smallest absolute Gasteiger partial charge is 0.378 e. The molecule has 0 spiro atoms. The largest absolute Gasteiger partial charge is 0.438 e. The average molecular weight is 446 g/mol. The fraction of sp³-hybridized carbons (Fsp3) is 0.348. The third-order valence-electron chi connectivity index (χ3n) is 5.46. The van der Waals surface area contributed by atoms with Crippen molar-refractivity contribution in [2.75, 3.05) is 19.0 Å². The van der Waals surface area contributed by atoms with Crippen LogP contribution in [0.5, 0.6) is 0 Å². The number of hydrogen-bond donors (Lipinski definition) is 1. The van der Waals surface area contributed by atoms with Crippen LogP contribution in [0.25, 0.3) is 11.0 Å². The van der Waals surface area contributed by atoms with Crippen LogP contribution in [0.4, 0.5) is 18.9 Å². The zero-order valence-corrected chi connectivity index (χ0v) is 18.5. The molecule has 9 heteroatoms. The molecule has 0 saturated heterocycles. The summed E-state index contributed by atoms with van der Waals surface area (Å²) in [5.74, 6) is -0.567. The van der Waals surface area contributed by atoms with Crippen LogP contribution in [0, 0.1) is 13.8 Å². The number of carbonyl (C=O) groups is 1. The summed E-state index contributed by atoms with van der Waals surface area (Å²) in [6, 6.07) is 9.40. The summed E-state index contributed by atoms with van der Waals surface area (Å²) < 4.78 is 41.3. The monoisotopic (exact) mass is 446 g/mol. The van der Waals surface area contributed by atoms with Crippen molar-refractivity contribution in [3.05, 3.63) is 69.1 Å². The number of anilines is 1. The van der Waals surface area contributed by atoms with Gasteiger partial charge in [0.05, 0.1) is 11.0 Å². The summed E-state index contributed by atoms with van der Waals surface area (Å²) >= 11 is 0. The van der Waals surface area contributed by atoms with Gasteiger partial charge < -0.3 is 10.2 Å². The molecule has 6 nitrogen and oxygen atoms in total. The van der Waals surface area contributed by atoms with Gasteiger partial charge in [-0.3, -0.25) is 14.2 Å². The fourth-order valence-electron chi connectivity index (χ4n) is 3.40. The zero-order chi connectivity index (χ0) is 23.8. The molecule has 2 aromatic carbocycles. The number of benzene rings is 2. The van der Waals surface area contributed by atoms with Gasteiger partial charge in [0.2, 0.25) is 11.6 Å². The Morgan fingerprint density at radius 1 is 1.12 bits per heavy atom. The van der Waals surface area contributed by atoms with Crippen molar-refractivity contribution >= 4 is 22.6 Å². The highest BCUT2D eigenvalue weighted by Crippen LogP contribution is 2.28. The molecule has 1 N–H and O–H groups in total. The van der Waals surface area contributed by atoms with Gasteiger partial charge >= 0.3 is 6.18 Å². The van der Waals surface area contributed by atoms with Crippen LogP contribution >= 0.6 is 0 Å². The maximum Gasteiger partial charge on any atom is 0.438 e. The topological polar surface area (TPSA) is 67.2 Å². The summed E-state index contributed by atoms with van der Waals surface area (Å²) in [7, 11) is 3.82. The second-order valence-electron chi connectivity index (χ2n) is 8.01. The van der Waals surface area contributed by atoms with E-state index in [4.69, 9.17) is 0 Å². The molecule has 0 aliphatic carbocycles. The normalized spacial score (nSPS) is 12.6. The first-order chi connectivity index (χ1) is 14.9. The molecule has 0 bridgehead atoms. The molecule has 3 aromatic rings. The van der Waals surface area contributed by atoms with Gasteiger partial charge in [0.1, 0.15) is 6.04 Å². The first-order valence-corrected chi connectivity index (χ1v) is 10.0. The number of nitrogens with one attached hydrogen (secondary N) is 1. The fourth-order valence-corrected chi connectivity index (χ4v) is 3.40. The highest BCUT2D eigenvalue weighted by atomic mass is 19.4. The van der Waals surface area contributed by atoms with Gasteiger partial charge in [-0.25, -0.2) is 4.98 Å². The van der Waals surface area contributed by atoms with Gasteiger partial charge in [-0.05, 0) is 61.7 Å². The molecule has 0 saturated carbocycles. The van der Waals surface area contributed by atoms with Crippen LogP contribution in [-0.4, -0.2) is 29.6 Å². The number of amides is 1. The van der Waals surface area contributed by atoms with E-state index in [1.807, 2.05) is 43.3 Å². The Kier molecular flexibility index (Phi) is 6.29. The molecule has 1 aromatic heterocycles. The van der Waals surface area contributed by atoms with Crippen molar-refractivity contribution in [2.45, 2.75) is 39.5 Å². The summed E-state index contributed by atoms with van der Waals surface area (Å²) in [6.45, 7) is 5.11. The lowest BCUT2D eigenvalue weighted by atomic mass is 10.1. The van der Waals surface area contributed by atoms with E-state index in [0.29, 0.717) is 0 Å². The minimum absolute atomic E-state index is 0.0129. The number of halogens is 3. The number of carbonyl (C=O) groups excluding carboxylic acids is 1. The lowest BCUT2D eigenvalue weighted by Crippen LogP contribution is -2.39. The molecule has 1 heterocycles. The molecule has 0 radical (unpaired) electrons. The Morgan fingerprint density at radius 2 is 1.72 bits per heavy atom. The lowest BCUT2D eigenvalue weighted by Gasteiger charge is -2.20. The maximum absolute atomic E-state index is 13.5. The molecule has 0 aliphatic rings. The molecular formula is C23H25F3N4O2. The number of aryl methyl sites for hydroxylation is 2. The number of aromatic nitrogens is 2. The van der Waals surface area contributed by atoms with Gasteiger partial charge in [-0.15, -0.1) is 0 Å². The van der Waals surface area contributed by atoms with Crippen molar-refractivity contribution < 1.29 is 18.0 Å². The molecule has 3 rings (SSSR count). The van der Waals surface area contributed by atoms with Crippen LogP contribution < -0.4 is 15.8 Å². The number of rotatable bonds is 5. The van der Waals surface area contributed by atoms with Crippen LogP contribution in [0.15, 0.2) is 41.2 Å². The predicted molar refractivity (Wildman–Crippen MR) is 118 cm³/mol. The number of alkyl halides is 3. The summed E-state index contributed by atoms with van der Waals surface area (Å²) in [5, 5.41) is 2.71. The standard InChI is InChI=1S/C23H25F3N4O2/c1-13-10-18-19(11-14(13)2)30(22(32)20(28-18)23(24,25)26)15(3)21(31)27-12-16-6-8-17(9-7-16)29(4)5/h6-11,15H,12H2,1-5H3,(H,27,31)/t15-/m0/s1. The first kappa shape index (κ1) is 23.3. The summed E-state index contributed by atoms with van der Waals surface area (Å²) in [5.41, 5.74) is 0.656. The van der Waals surface area contributed by atoms with E-state index in [2.05, 4.69) is 10.3 Å². The van der Waals surface area contributed by atoms with E-state index in [0.717, 1.165) is 26.9 Å². The number of hydrogen-bond acceptors (Lipinski definition) is 4. The first-order valence-electron chi connectivity index (χ1n) is 10.0. The van der Waals surface area contributed by atoms with E-state index in [1.165, 1.54) is 13.0 Å². The highest BCUT2D eigenvalue weighted by Gasteiger charge is 2.38. The van der Waals surface area contributed by atoms with Crippen molar-refractivity contribution in [3.8, 4) is 0 Å². The minimum atomic E-state index is -4.93. The van der Waals surface area contributed by atoms with Gasteiger partial charge in [0.25, 0.3) is 5.56 Å². The molecule has 0 unspecified atom stereocenters. The van der Waals surface area contributed by atoms with Crippen molar-refractivity contribution in [1.29, 1.82) is 0 Å². The van der Waals surface area contributed by atoms with Crippen LogP contribution in [0.3, 0.4) is 0 Å². The SMILES string of the molecule is Cc1cc2nc(C(F)(F)F)c(=O)n([C@@H](C)C(=O)NCc3ccc(N(C)C)cc3)c2cc1C. The van der Waals surface area contributed by atoms with Crippen molar-refractivity contribution in [2.24, 2.45) is 0 Å². The second-order valence-corrected chi connectivity index (χ2v) is 8.01. The molecular weight excluding hydrogens is 421 g/mol. The number of fused-ring (bicyclic) bond motifs is 1. The van der Waals surface area contributed by atoms with E-state index in [9.17, 15) is 22.8 Å². The van der Waals surface area contributed by atoms with Gasteiger partial charge in [-0.1, -0.05) is 12.1 Å². The zero-order valence-electron chi connectivity index (χ0n) is 18.5. The summed E-state index contributed by atoms with van der Waals surface area (Å²) in [6.07, 6.45) is -4.93. The predicted octanol–water partition coefficient (Wildman–Crippen LogP) is 3.98. The second kappa shape index (κ2) is 8.64. The molecule has 170 valence electrons. The molecule has 1 amide bonds. The van der Waals surface area contributed by atoms with Gasteiger partial charge in [0.15, 0.2) is 0 Å². The number of nitrogens with zero attached hydrogens (tertiary/aromatic N) is 3. The molecule has 0 fully saturated rings. The van der Waals surface area contributed by atoms with Crippen molar-refractivity contribution in [1.82, 2.24) is 14.9 Å². The third-order valence-corrected chi connectivity index (χ3v) is 5.46. The molecule has 32 heavy (non-hydrogen) atoms. The summed E-state index contributed by atoms with van der Waals surface area (Å²) in [4.78, 5) is 31.1. The Bertz CT molecular complexity index is 1220. The Hall–Kier alpha value is -3.36. The van der Waals surface area contributed by atoms with Gasteiger partial charge in [-0.2, -0.15) is 13.2 Å². The van der Waals surface area contributed by atoms with E-state index < -0.39 is 29.4 Å². The Labute approximate surface area is 183 Å². The quantitative estimate of drug-likeness (QED) is 0.644. The molecule has 0 aliphatic heterocycles. The van der Waals surface area contributed by atoms with E-state index in [-0.39, 0.29) is 17.6 Å². The molecule has 1 atom stereocenters. The van der Waals surface area contributed by atoms with Crippen molar-refractivity contribution in [3.63, 3.8) is 0 Å². The van der Waals surface area contributed by atoms with Crippen LogP contribution in [-0.2, 0) is 17.5 Å². The van der Waals surface area contributed by atoms with E-state index in [1.54, 1.807) is 19.9 Å². The van der Waals surface area contributed by atoms with Crippen LogP contribution in [0.2, 0.25) is 0 Å². The minimum Gasteiger partial charge on any atom is -0.378 e. The Balaban J connectivity index is 1.97.